The van der Waals surface area contributed by atoms with E-state index < -0.39 is 5.97 Å². The molecule has 1 amide bonds. The molecule has 4 nitrogen and oxygen atoms in total. The average Bonchev–Trinajstić information content (AvgIpc) is 2.47. The van der Waals surface area contributed by atoms with Crippen molar-refractivity contribution in [2.45, 2.75) is 19.8 Å². The molecule has 0 atom stereocenters. The van der Waals surface area contributed by atoms with Crippen LogP contribution < -0.4 is 0 Å². The molecule has 1 aliphatic heterocycles. The zero-order chi connectivity index (χ0) is 9.84. The van der Waals surface area contributed by atoms with Crippen LogP contribution in [-0.4, -0.2) is 35.0 Å². The summed E-state index contributed by atoms with van der Waals surface area (Å²) < 4.78 is 0. The molecular formula is C9H13NO3. The van der Waals surface area contributed by atoms with E-state index in [1.54, 1.807) is 11.0 Å². The van der Waals surface area contributed by atoms with E-state index in [1.807, 2.05) is 0 Å². The zero-order valence-electron chi connectivity index (χ0n) is 7.62. The van der Waals surface area contributed by atoms with Gasteiger partial charge in [0, 0.05) is 25.1 Å². The Morgan fingerprint density at radius 1 is 1.69 bits per heavy atom. The van der Waals surface area contributed by atoms with Gasteiger partial charge >= 0.3 is 5.97 Å². The lowest BCUT2D eigenvalue weighted by Crippen LogP contribution is -2.24. The molecule has 0 bridgehead atoms. The molecule has 1 rings (SSSR count). The maximum atomic E-state index is 11.1. The highest BCUT2D eigenvalue weighted by atomic mass is 16.4. The van der Waals surface area contributed by atoms with Crippen molar-refractivity contribution in [1.29, 1.82) is 0 Å². The molecule has 1 heterocycles. The molecule has 0 aromatic carbocycles. The minimum Gasteiger partial charge on any atom is -0.478 e. The Morgan fingerprint density at radius 2 is 2.38 bits per heavy atom. The van der Waals surface area contributed by atoms with E-state index in [4.69, 9.17) is 5.11 Å². The van der Waals surface area contributed by atoms with Crippen molar-refractivity contribution in [2.75, 3.05) is 13.1 Å². The zero-order valence-corrected chi connectivity index (χ0v) is 7.62. The Balaban J connectivity index is 2.45. The second kappa shape index (κ2) is 4.07. The molecule has 1 saturated heterocycles. The Bertz CT molecular complexity index is 258. The second-order valence-electron chi connectivity index (χ2n) is 3.14. The molecule has 4 heteroatoms. The number of carbonyl (C=O) groups is 2. The number of rotatable bonds is 3. The smallest absolute Gasteiger partial charge is 0.331 e. The molecule has 0 aromatic heterocycles. The minimum atomic E-state index is -0.924. The van der Waals surface area contributed by atoms with Gasteiger partial charge in [-0.3, -0.25) is 4.79 Å². The van der Waals surface area contributed by atoms with Gasteiger partial charge in [-0.25, -0.2) is 4.79 Å². The van der Waals surface area contributed by atoms with Gasteiger partial charge in [0.2, 0.25) is 5.91 Å². The van der Waals surface area contributed by atoms with Gasteiger partial charge in [0.1, 0.15) is 0 Å². The van der Waals surface area contributed by atoms with Crippen LogP contribution >= 0.6 is 0 Å². The van der Waals surface area contributed by atoms with Gasteiger partial charge in [-0.05, 0) is 13.3 Å². The molecule has 0 unspecified atom stereocenters. The van der Waals surface area contributed by atoms with Crippen LogP contribution in [-0.2, 0) is 9.59 Å². The van der Waals surface area contributed by atoms with Crippen LogP contribution in [0.5, 0.6) is 0 Å². The second-order valence-corrected chi connectivity index (χ2v) is 3.14. The van der Waals surface area contributed by atoms with Crippen molar-refractivity contribution < 1.29 is 14.7 Å². The summed E-state index contributed by atoms with van der Waals surface area (Å²) in [6.45, 7) is 2.71. The molecule has 0 radical (unpaired) electrons. The largest absolute Gasteiger partial charge is 0.478 e. The normalized spacial score (nSPS) is 18.1. The number of amides is 1. The number of hydrogen-bond donors (Lipinski definition) is 1. The van der Waals surface area contributed by atoms with Crippen molar-refractivity contribution >= 4 is 11.9 Å². The third-order valence-corrected chi connectivity index (χ3v) is 2.13. The van der Waals surface area contributed by atoms with Crippen molar-refractivity contribution in [1.82, 2.24) is 4.90 Å². The Hall–Kier alpha value is -1.32. The number of nitrogens with zero attached hydrogens (tertiary/aromatic N) is 1. The van der Waals surface area contributed by atoms with Crippen LogP contribution in [0.15, 0.2) is 11.6 Å². The summed E-state index contributed by atoms with van der Waals surface area (Å²) >= 11 is 0. The minimum absolute atomic E-state index is 0.120. The van der Waals surface area contributed by atoms with Crippen molar-refractivity contribution in [3.05, 3.63) is 11.6 Å². The summed E-state index contributed by atoms with van der Waals surface area (Å²) in [4.78, 5) is 23.2. The number of likely N-dealkylation sites (tertiary alicyclic amines) is 1. The van der Waals surface area contributed by atoms with Crippen molar-refractivity contribution in [3.8, 4) is 0 Å². The van der Waals surface area contributed by atoms with Crippen LogP contribution in [0, 0.1) is 0 Å². The fraction of sp³-hybridized carbons (Fsp3) is 0.556. The summed E-state index contributed by atoms with van der Waals surface area (Å²) in [7, 11) is 0. The summed E-state index contributed by atoms with van der Waals surface area (Å²) in [5.41, 5.74) is 0.291. The lowest BCUT2D eigenvalue weighted by molar-refractivity contribution is -0.132. The van der Waals surface area contributed by atoms with Gasteiger partial charge in [-0.1, -0.05) is 6.08 Å². The molecular weight excluding hydrogens is 170 g/mol. The summed E-state index contributed by atoms with van der Waals surface area (Å²) in [6, 6.07) is 0. The molecule has 1 aliphatic rings. The van der Waals surface area contributed by atoms with E-state index in [1.165, 1.54) is 6.92 Å². The van der Waals surface area contributed by atoms with Gasteiger partial charge in [-0.2, -0.15) is 0 Å². The fourth-order valence-corrected chi connectivity index (χ4v) is 1.23. The van der Waals surface area contributed by atoms with E-state index in [2.05, 4.69) is 0 Å². The standard InChI is InChI=1S/C9H13NO3/c1-7(9(12)13)4-6-10-5-2-3-8(10)11/h4H,2-3,5-6H2,1H3,(H,12,13). The van der Waals surface area contributed by atoms with Crippen LogP contribution in [0.1, 0.15) is 19.8 Å². The summed E-state index contributed by atoms with van der Waals surface area (Å²) in [6.07, 6.45) is 3.06. The van der Waals surface area contributed by atoms with Gasteiger partial charge in [0.05, 0.1) is 0 Å². The molecule has 72 valence electrons. The number of hydrogen-bond acceptors (Lipinski definition) is 2. The monoisotopic (exact) mass is 183 g/mol. The maximum absolute atomic E-state index is 11.1. The lowest BCUT2D eigenvalue weighted by Gasteiger charge is -2.12. The van der Waals surface area contributed by atoms with Gasteiger partial charge in [0.25, 0.3) is 0 Å². The molecule has 0 saturated carbocycles. The van der Waals surface area contributed by atoms with Gasteiger partial charge < -0.3 is 10.0 Å². The number of carboxylic acid groups (broad SMARTS) is 1. The van der Waals surface area contributed by atoms with E-state index in [9.17, 15) is 9.59 Å². The van der Waals surface area contributed by atoms with Gasteiger partial charge in [0.15, 0.2) is 0 Å². The number of aliphatic carboxylic acids is 1. The van der Waals surface area contributed by atoms with Crippen molar-refractivity contribution in [2.24, 2.45) is 0 Å². The fourth-order valence-electron chi connectivity index (χ4n) is 1.23. The summed E-state index contributed by atoms with van der Waals surface area (Å²) in [5, 5.41) is 8.55. The molecule has 0 aliphatic carbocycles. The lowest BCUT2D eigenvalue weighted by atomic mass is 10.3. The first-order chi connectivity index (χ1) is 6.11. The van der Waals surface area contributed by atoms with E-state index >= 15 is 0 Å². The predicted molar refractivity (Wildman–Crippen MR) is 47.2 cm³/mol. The average molecular weight is 183 g/mol. The third-order valence-electron chi connectivity index (χ3n) is 2.13. The Morgan fingerprint density at radius 3 is 2.85 bits per heavy atom. The van der Waals surface area contributed by atoms with Crippen LogP contribution in [0.2, 0.25) is 0 Å². The summed E-state index contributed by atoms with van der Waals surface area (Å²) in [5.74, 6) is -0.805. The van der Waals surface area contributed by atoms with Crippen molar-refractivity contribution in [3.63, 3.8) is 0 Å². The SMILES string of the molecule is CC(=CCN1CCCC1=O)C(=O)O. The predicted octanol–water partition coefficient (Wildman–Crippen LogP) is 0.640. The van der Waals surface area contributed by atoms with Crippen LogP contribution in [0.25, 0.3) is 0 Å². The highest BCUT2D eigenvalue weighted by Gasteiger charge is 2.18. The maximum Gasteiger partial charge on any atom is 0.331 e. The first-order valence-electron chi connectivity index (χ1n) is 4.29. The Kier molecular flexibility index (Phi) is 3.06. The van der Waals surface area contributed by atoms with E-state index in [0.717, 1.165) is 13.0 Å². The molecule has 13 heavy (non-hydrogen) atoms. The topological polar surface area (TPSA) is 57.6 Å². The number of carboxylic acids is 1. The number of carbonyl (C=O) groups excluding carboxylic acids is 1. The third kappa shape index (κ3) is 2.57. The van der Waals surface area contributed by atoms with Crippen LogP contribution in [0.4, 0.5) is 0 Å². The molecule has 1 N–H and O–H groups in total. The molecule has 1 fully saturated rings. The molecule has 0 aromatic rings. The highest BCUT2D eigenvalue weighted by Crippen LogP contribution is 2.09. The first-order valence-corrected chi connectivity index (χ1v) is 4.29. The highest BCUT2D eigenvalue weighted by molar-refractivity contribution is 5.86. The molecule has 0 spiro atoms. The van der Waals surface area contributed by atoms with E-state index in [-0.39, 0.29) is 5.91 Å². The van der Waals surface area contributed by atoms with Crippen LogP contribution in [0.3, 0.4) is 0 Å². The van der Waals surface area contributed by atoms with E-state index in [0.29, 0.717) is 18.5 Å². The first kappa shape index (κ1) is 9.77. The Labute approximate surface area is 76.8 Å². The quantitative estimate of drug-likeness (QED) is 0.653. The van der Waals surface area contributed by atoms with Gasteiger partial charge in [-0.15, -0.1) is 0 Å².